The van der Waals surface area contributed by atoms with E-state index in [1.54, 1.807) is 6.07 Å². The van der Waals surface area contributed by atoms with Crippen molar-refractivity contribution in [1.29, 1.82) is 5.26 Å². The van der Waals surface area contributed by atoms with Crippen molar-refractivity contribution in [1.82, 2.24) is 0 Å². The summed E-state index contributed by atoms with van der Waals surface area (Å²) < 4.78 is 0. The molecule has 1 aliphatic rings. The number of nitrogens with zero attached hydrogens (tertiary/aromatic N) is 2. The normalized spacial score (nSPS) is 19.6. The van der Waals surface area contributed by atoms with E-state index in [4.69, 9.17) is 17.3 Å². The minimum Gasteiger partial charge on any atom is -0.370 e. The first-order chi connectivity index (χ1) is 8.74. The minimum absolute atomic E-state index is 0.616. The lowest BCUT2D eigenvalue weighted by Crippen LogP contribution is -2.36. The zero-order valence-corrected chi connectivity index (χ0v) is 11.2. The number of nitrogens with two attached hydrogens (primary N) is 1. The quantitative estimate of drug-likeness (QED) is 0.912. The highest BCUT2D eigenvalue weighted by atomic mass is 35.5. The standard InChI is InChI=1S/C14H18ClN3/c15-13-3-4-14(12(8-13)9-17)18-7-1-2-11(10-18)5-6-16/h3-4,8,11H,1-2,5-7,10,16H2. The van der Waals surface area contributed by atoms with Gasteiger partial charge in [-0.1, -0.05) is 11.6 Å². The van der Waals surface area contributed by atoms with Gasteiger partial charge in [-0.2, -0.15) is 5.26 Å². The van der Waals surface area contributed by atoms with Crippen LogP contribution >= 0.6 is 11.6 Å². The summed E-state index contributed by atoms with van der Waals surface area (Å²) in [7, 11) is 0. The molecule has 4 heteroatoms. The molecule has 3 nitrogen and oxygen atoms in total. The van der Waals surface area contributed by atoms with Crippen molar-refractivity contribution >= 4 is 17.3 Å². The Labute approximate surface area is 113 Å². The maximum atomic E-state index is 9.19. The van der Waals surface area contributed by atoms with Crippen LogP contribution < -0.4 is 10.6 Å². The molecule has 18 heavy (non-hydrogen) atoms. The van der Waals surface area contributed by atoms with Gasteiger partial charge in [-0.3, -0.25) is 0 Å². The van der Waals surface area contributed by atoms with E-state index >= 15 is 0 Å². The molecule has 96 valence electrons. The van der Waals surface area contributed by atoms with Gasteiger partial charge in [-0.05, 0) is 49.9 Å². The number of benzene rings is 1. The van der Waals surface area contributed by atoms with E-state index in [2.05, 4.69) is 11.0 Å². The maximum Gasteiger partial charge on any atom is 0.101 e. The van der Waals surface area contributed by atoms with Crippen molar-refractivity contribution in [3.8, 4) is 6.07 Å². The smallest absolute Gasteiger partial charge is 0.101 e. The zero-order valence-electron chi connectivity index (χ0n) is 10.4. The van der Waals surface area contributed by atoms with E-state index in [0.717, 1.165) is 38.2 Å². The van der Waals surface area contributed by atoms with E-state index in [1.807, 2.05) is 12.1 Å². The number of anilines is 1. The lowest BCUT2D eigenvalue weighted by Gasteiger charge is -2.34. The Bertz CT molecular complexity index is 451. The van der Waals surface area contributed by atoms with Gasteiger partial charge in [0.1, 0.15) is 6.07 Å². The second kappa shape index (κ2) is 6.08. The van der Waals surface area contributed by atoms with Gasteiger partial charge >= 0.3 is 0 Å². The Hall–Kier alpha value is -1.24. The summed E-state index contributed by atoms with van der Waals surface area (Å²) in [4.78, 5) is 2.29. The SMILES string of the molecule is N#Cc1cc(Cl)ccc1N1CCCC(CCN)C1. The fraction of sp³-hybridized carbons (Fsp3) is 0.500. The predicted molar refractivity (Wildman–Crippen MR) is 74.8 cm³/mol. The molecule has 1 aromatic carbocycles. The molecule has 2 N–H and O–H groups in total. The lowest BCUT2D eigenvalue weighted by molar-refractivity contribution is 0.396. The molecule has 1 aliphatic heterocycles. The molecule has 0 bridgehead atoms. The number of hydrogen-bond acceptors (Lipinski definition) is 3. The molecular weight excluding hydrogens is 246 g/mol. The number of rotatable bonds is 3. The number of piperidine rings is 1. The van der Waals surface area contributed by atoms with Crippen LogP contribution in [0.4, 0.5) is 5.69 Å². The van der Waals surface area contributed by atoms with E-state index in [1.165, 1.54) is 6.42 Å². The summed E-state index contributed by atoms with van der Waals surface area (Å²) in [6.07, 6.45) is 3.47. The molecule has 0 saturated carbocycles. The van der Waals surface area contributed by atoms with Crippen LogP contribution in [0.25, 0.3) is 0 Å². The molecule has 0 spiro atoms. The molecule has 1 heterocycles. The van der Waals surface area contributed by atoms with Crippen molar-refractivity contribution < 1.29 is 0 Å². The van der Waals surface area contributed by atoms with Crippen molar-refractivity contribution in [2.24, 2.45) is 11.7 Å². The largest absolute Gasteiger partial charge is 0.370 e. The fourth-order valence-electron chi connectivity index (χ4n) is 2.63. The molecule has 1 fully saturated rings. The molecule has 0 amide bonds. The van der Waals surface area contributed by atoms with Crippen LogP contribution in [0.1, 0.15) is 24.8 Å². The third-order valence-corrected chi connectivity index (χ3v) is 3.75. The first-order valence-corrected chi connectivity index (χ1v) is 6.77. The average Bonchev–Trinajstić information content (AvgIpc) is 2.39. The fourth-order valence-corrected chi connectivity index (χ4v) is 2.80. The van der Waals surface area contributed by atoms with Crippen LogP contribution in [0.2, 0.25) is 5.02 Å². The first kappa shape index (κ1) is 13.2. The second-order valence-corrected chi connectivity index (χ2v) is 5.24. The first-order valence-electron chi connectivity index (χ1n) is 6.39. The van der Waals surface area contributed by atoms with E-state index < -0.39 is 0 Å². The Balaban J connectivity index is 2.18. The van der Waals surface area contributed by atoms with Crippen LogP contribution in [-0.2, 0) is 0 Å². The Kier molecular flexibility index (Phi) is 4.46. The third-order valence-electron chi connectivity index (χ3n) is 3.51. The van der Waals surface area contributed by atoms with Crippen molar-refractivity contribution in [3.63, 3.8) is 0 Å². The zero-order chi connectivity index (χ0) is 13.0. The van der Waals surface area contributed by atoms with Gasteiger partial charge in [0.15, 0.2) is 0 Å². The molecule has 0 aliphatic carbocycles. The van der Waals surface area contributed by atoms with Crippen LogP contribution in [-0.4, -0.2) is 19.6 Å². The molecule has 2 rings (SSSR count). The van der Waals surface area contributed by atoms with Crippen LogP contribution in [0, 0.1) is 17.2 Å². The molecule has 1 unspecified atom stereocenters. The van der Waals surface area contributed by atoms with Crippen molar-refractivity contribution in [2.75, 3.05) is 24.5 Å². The minimum atomic E-state index is 0.616. The highest BCUT2D eigenvalue weighted by Crippen LogP contribution is 2.29. The van der Waals surface area contributed by atoms with Gasteiger partial charge in [0.05, 0.1) is 11.3 Å². The summed E-state index contributed by atoms with van der Waals surface area (Å²) >= 11 is 5.93. The average molecular weight is 264 g/mol. The molecule has 1 saturated heterocycles. The highest BCUT2D eigenvalue weighted by molar-refractivity contribution is 6.30. The topological polar surface area (TPSA) is 53.0 Å². The summed E-state index contributed by atoms with van der Waals surface area (Å²) in [6.45, 7) is 2.75. The number of nitriles is 1. The van der Waals surface area contributed by atoms with Gasteiger partial charge in [0, 0.05) is 18.1 Å². The molecule has 1 aromatic rings. The van der Waals surface area contributed by atoms with E-state index in [9.17, 15) is 5.26 Å². The van der Waals surface area contributed by atoms with E-state index in [-0.39, 0.29) is 0 Å². The number of hydrogen-bond donors (Lipinski definition) is 1. The van der Waals surface area contributed by atoms with Crippen molar-refractivity contribution in [2.45, 2.75) is 19.3 Å². The van der Waals surface area contributed by atoms with E-state index in [0.29, 0.717) is 16.5 Å². The number of halogens is 1. The molecular formula is C14H18ClN3. The van der Waals surface area contributed by atoms with Gasteiger partial charge in [-0.15, -0.1) is 0 Å². The van der Waals surface area contributed by atoms with Gasteiger partial charge in [0.2, 0.25) is 0 Å². The monoisotopic (exact) mass is 263 g/mol. The maximum absolute atomic E-state index is 9.19. The van der Waals surface area contributed by atoms with Crippen LogP contribution in [0.5, 0.6) is 0 Å². The highest BCUT2D eigenvalue weighted by Gasteiger charge is 2.21. The van der Waals surface area contributed by atoms with Gasteiger partial charge < -0.3 is 10.6 Å². The van der Waals surface area contributed by atoms with Gasteiger partial charge in [0.25, 0.3) is 0 Å². The lowest BCUT2D eigenvalue weighted by atomic mass is 9.94. The molecule has 0 radical (unpaired) electrons. The molecule has 1 atom stereocenters. The van der Waals surface area contributed by atoms with Crippen LogP contribution in [0.3, 0.4) is 0 Å². The van der Waals surface area contributed by atoms with Crippen molar-refractivity contribution in [3.05, 3.63) is 28.8 Å². The summed E-state index contributed by atoms with van der Waals surface area (Å²) in [5.41, 5.74) is 7.30. The predicted octanol–water partition coefficient (Wildman–Crippen LogP) is 2.78. The summed E-state index contributed by atoms with van der Waals surface area (Å²) in [5.74, 6) is 0.644. The third kappa shape index (κ3) is 2.95. The Morgan fingerprint density at radius 2 is 2.33 bits per heavy atom. The second-order valence-electron chi connectivity index (χ2n) is 4.80. The Morgan fingerprint density at radius 1 is 1.50 bits per heavy atom. The summed E-state index contributed by atoms with van der Waals surface area (Å²) in [6, 6.07) is 7.77. The Morgan fingerprint density at radius 3 is 3.06 bits per heavy atom. The van der Waals surface area contributed by atoms with Crippen LogP contribution in [0.15, 0.2) is 18.2 Å². The molecule has 0 aromatic heterocycles. The van der Waals surface area contributed by atoms with Gasteiger partial charge in [-0.25, -0.2) is 0 Å². The summed E-state index contributed by atoms with van der Waals surface area (Å²) in [5, 5.41) is 9.80.